The van der Waals surface area contributed by atoms with Crippen molar-refractivity contribution in [3.05, 3.63) is 101 Å². The summed E-state index contributed by atoms with van der Waals surface area (Å²) in [5, 5.41) is 5.23. The molecule has 0 amide bonds. The van der Waals surface area contributed by atoms with E-state index in [4.69, 9.17) is 11.6 Å². The molecule has 0 atom stereocenters. The van der Waals surface area contributed by atoms with E-state index in [1.807, 2.05) is 37.3 Å². The maximum atomic E-state index is 6.45. The number of halogens is 1. The zero-order valence-electron chi connectivity index (χ0n) is 18.2. The summed E-state index contributed by atoms with van der Waals surface area (Å²) >= 11 is 6.45. The molecule has 0 saturated heterocycles. The van der Waals surface area contributed by atoms with Crippen LogP contribution in [0.5, 0.6) is 0 Å². The van der Waals surface area contributed by atoms with Gasteiger partial charge < -0.3 is 9.88 Å². The second-order valence-corrected chi connectivity index (χ2v) is 8.54. The lowest BCUT2D eigenvalue weighted by molar-refractivity contribution is 1.07. The summed E-state index contributed by atoms with van der Waals surface area (Å²) in [5.74, 6) is 0.774. The highest BCUT2D eigenvalue weighted by Crippen LogP contribution is 2.37. The van der Waals surface area contributed by atoms with Crippen LogP contribution in [0.3, 0.4) is 0 Å². The molecule has 2 aromatic heterocycles. The molecule has 0 fully saturated rings. The zero-order valence-corrected chi connectivity index (χ0v) is 19.0. The fourth-order valence-corrected chi connectivity index (χ4v) is 4.28. The number of nitrogens with zero attached hydrogens (tertiary/aromatic N) is 3. The first-order chi connectivity index (χ1) is 15.5. The van der Waals surface area contributed by atoms with Gasteiger partial charge in [-0.3, -0.25) is 0 Å². The SMILES string of the molecule is Cc1cc(C)cc(Nc2ncnc3c2c(-c2ccccc2)cn3-c2ccc(C)c(Cl)c2)c1. The summed E-state index contributed by atoms with van der Waals surface area (Å²) in [6, 6.07) is 22.8. The molecular formula is C27H23ClN4. The van der Waals surface area contributed by atoms with Gasteiger partial charge in [0, 0.05) is 28.2 Å². The monoisotopic (exact) mass is 438 g/mol. The number of aryl methyl sites for hydroxylation is 3. The van der Waals surface area contributed by atoms with Gasteiger partial charge in [0.15, 0.2) is 5.65 Å². The Balaban J connectivity index is 1.75. The van der Waals surface area contributed by atoms with E-state index in [1.165, 1.54) is 11.1 Å². The Hall–Kier alpha value is -3.63. The van der Waals surface area contributed by atoms with Crippen LogP contribution in [0.15, 0.2) is 79.3 Å². The Labute approximate surface area is 192 Å². The number of rotatable bonds is 4. The molecule has 0 spiro atoms. The van der Waals surface area contributed by atoms with Crippen LogP contribution in [0.2, 0.25) is 5.02 Å². The summed E-state index contributed by atoms with van der Waals surface area (Å²) in [6.45, 7) is 6.20. The average Bonchev–Trinajstić information content (AvgIpc) is 3.16. The van der Waals surface area contributed by atoms with Crippen LogP contribution >= 0.6 is 11.6 Å². The van der Waals surface area contributed by atoms with Crippen molar-refractivity contribution in [2.75, 3.05) is 5.32 Å². The molecule has 5 aromatic rings. The molecule has 5 heteroatoms. The molecule has 4 nitrogen and oxygen atoms in total. The van der Waals surface area contributed by atoms with Gasteiger partial charge in [-0.25, -0.2) is 9.97 Å². The van der Waals surface area contributed by atoms with Crippen molar-refractivity contribution in [2.24, 2.45) is 0 Å². The van der Waals surface area contributed by atoms with Crippen LogP contribution in [-0.4, -0.2) is 14.5 Å². The topological polar surface area (TPSA) is 42.7 Å². The normalized spacial score (nSPS) is 11.1. The highest BCUT2D eigenvalue weighted by atomic mass is 35.5. The molecule has 32 heavy (non-hydrogen) atoms. The third-order valence-electron chi connectivity index (χ3n) is 5.59. The van der Waals surface area contributed by atoms with E-state index in [0.29, 0.717) is 0 Å². The lowest BCUT2D eigenvalue weighted by atomic mass is 10.1. The van der Waals surface area contributed by atoms with Crippen molar-refractivity contribution in [3.63, 3.8) is 0 Å². The van der Waals surface area contributed by atoms with E-state index < -0.39 is 0 Å². The van der Waals surface area contributed by atoms with Gasteiger partial charge in [-0.05, 0) is 67.3 Å². The number of hydrogen-bond acceptors (Lipinski definition) is 3. The minimum absolute atomic E-state index is 0.730. The first kappa shape index (κ1) is 20.3. The molecule has 1 N–H and O–H groups in total. The van der Waals surface area contributed by atoms with Gasteiger partial charge in [0.2, 0.25) is 0 Å². The Morgan fingerprint density at radius 3 is 2.31 bits per heavy atom. The standard InChI is InChI=1S/C27H23ClN4/c1-17-11-18(2)13-21(12-17)31-26-25-23(20-7-5-4-6-8-20)15-32(27(25)30-16-29-26)22-10-9-19(3)24(28)14-22/h4-16H,1-3H3,(H,29,30,31). The lowest BCUT2D eigenvalue weighted by Gasteiger charge is -2.11. The number of nitrogens with one attached hydrogen (secondary N) is 1. The molecular weight excluding hydrogens is 416 g/mol. The number of anilines is 2. The van der Waals surface area contributed by atoms with Crippen molar-refractivity contribution < 1.29 is 0 Å². The highest BCUT2D eigenvalue weighted by Gasteiger charge is 2.18. The summed E-state index contributed by atoms with van der Waals surface area (Å²) < 4.78 is 2.08. The fourth-order valence-electron chi connectivity index (χ4n) is 4.11. The maximum absolute atomic E-state index is 6.45. The van der Waals surface area contributed by atoms with Crippen molar-refractivity contribution in [2.45, 2.75) is 20.8 Å². The zero-order chi connectivity index (χ0) is 22.2. The third-order valence-corrected chi connectivity index (χ3v) is 5.99. The van der Waals surface area contributed by atoms with Crippen molar-refractivity contribution >= 4 is 34.1 Å². The van der Waals surface area contributed by atoms with E-state index >= 15 is 0 Å². The van der Waals surface area contributed by atoms with Crippen LogP contribution < -0.4 is 5.32 Å². The van der Waals surface area contributed by atoms with Crippen LogP contribution in [-0.2, 0) is 0 Å². The first-order valence-corrected chi connectivity index (χ1v) is 10.9. The molecule has 0 aliphatic heterocycles. The number of benzene rings is 3. The average molecular weight is 439 g/mol. The Morgan fingerprint density at radius 1 is 0.844 bits per heavy atom. The molecule has 5 rings (SSSR count). The second kappa shape index (κ2) is 8.13. The molecule has 0 aliphatic rings. The molecule has 2 heterocycles. The second-order valence-electron chi connectivity index (χ2n) is 8.13. The molecule has 0 saturated carbocycles. The van der Waals surface area contributed by atoms with E-state index in [2.05, 4.69) is 76.3 Å². The predicted octanol–water partition coefficient (Wildman–Crippen LogP) is 7.41. The molecule has 158 valence electrons. The highest BCUT2D eigenvalue weighted by molar-refractivity contribution is 6.31. The van der Waals surface area contributed by atoms with Crippen LogP contribution in [0, 0.1) is 20.8 Å². The van der Waals surface area contributed by atoms with Crippen molar-refractivity contribution in [3.8, 4) is 16.8 Å². The van der Waals surface area contributed by atoms with Crippen LogP contribution in [0.4, 0.5) is 11.5 Å². The van der Waals surface area contributed by atoms with Crippen molar-refractivity contribution in [1.29, 1.82) is 0 Å². The molecule has 0 radical (unpaired) electrons. The summed E-state index contributed by atoms with van der Waals surface area (Å²) in [5.41, 5.74) is 8.41. The Bertz CT molecular complexity index is 1420. The van der Waals surface area contributed by atoms with Crippen molar-refractivity contribution in [1.82, 2.24) is 14.5 Å². The maximum Gasteiger partial charge on any atom is 0.150 e. The van der Waals surface area contributed by atoms with Gasteiger partial charge in [-0.15, -0.1) is 0 Å². The molecule has 3 aromatic carbocycles. The van der Waals surface area contributed by atoms with Gasteiger partial charge in [-0.1, -0.05) is 54.1 Å². The van der Waals surface area contributed by atoms with E-state index in [9.17, 15) is 0 Å². The van der Waals surface area contributed by atoms with E-state index in [-0.39, 0.29) is 0 Å². The van der Waals surface area contributed by atoms with Gasteiger partial charge in [0.05, 0.1) is 5.39 Å². The number of aromatic nitrogens is 3. The number of hydrogen-bond donors (Lipinski definition) is 1. The van der Waals surface area contributed by atoms with Gasteiger partial charge in [-0.2, -0.15) is 0 Å². The summed E-state index contributed by atoms with van der Waals surface area (Å²) in [7, 11) is 0. The Morgan fingerprint density at radius 2 is 1.59 bits per heavy atom. The van der Waals surface area contributed by atoms with Crippen LogP contribution in [0.25, 0.3) is 27.8 Å². The van der Waals surface area contributed by atoms with Gasteiger partial charge >= 0.3 is 0 Å². The van der Waals surface area contributed by atoms with E-state index in [1.54, 1.807) is 6.33 Å². The molecule has 0 aliphatic carbocycles. The van der Waals surface area contributed by atoms with Gasteiger partial charge in [0.25, 0.3) is 0 Å². The largest absolute Gasteiger partial charge is 0.340 e. The van der Waals surface area contributed by atoms with Crippen LogP contribution in [0.1, 0.15) is 16.7 Å². The summed E-state index contributed by atoms with van der Waals surface area (Å²) in [4.78, 5) is 9.29. The minimum atomic E-state index is 0.730. The first-order valence-electron chi connectivity index (χ1n) is 10.5. The lowest BCUT2D eigenvalue weighted by Crippen LogP contribution is -1.99. The van der Waals surface area contributed by atoms with E-state index in [0.717, 1.165) is 49.9 Å². The smallest absolute Gasteiger partial charge is 0.150 e. The Kier molecular flexibility index (Phi) is 5.16. The molecule has 0 bridgehead atoms. The van der Waals surface area contributed by atoms with Gasteiger partial charge in [0.1, 0.15) is 12.1 Å². The predicted molar refractivity (Wildman–Crippen MR) is 133 cm³/mol. The minimum Gasteiger partial charge on any atom is -0.340 e. The summed E-state index contributed by atoms with van der Waals surface area (Å²) in [6.07, 6.45) is 3.72. The fraction of sp³-hybridized carbons (Fsp3) is 0.111. The quantitative estimate of drug-likeness (QED) is 0.317. The molecule has 0 unspecified atom stereocenters. The third kappa shape index (κ3) is 3.74. The number of fused-ring (bicyclic) bond motifs is 1.